The van der Waals surface area contributed by atoms with Crippen LogP contribution in [0.25, 0.3) is 10.9 Å². The Labute approximate surface area is 125 Å². The van der Waals surface area contributed by atoms with Crippen molar-refractivity contribution in [1.29, 1.82) is 0 Å². The summed E-state index contributed by atoms with van der Waals surface area (Å²) >= 11 is 0. The van der Waals surface area contributed by atoms with Crippen molar-refractivity contribution in [3.05, 3.63) is 35.5 Å². The molecule has 1 fully saturated rings. The average Bonchev–Trinajstić information content (AvgIpc) is 2.95. The number of hydrogen-bond donors (Lipinski definition) is 1. The summed E-state index contributed by atoms with van der Waals surface area (Å²) in [5.74, 6) is -0.229. The van der Waals surface area contributed by atoms with E-state index >= 15 is 0 Å². The first kappa shape index (κ1) is 13.9. The molecule has 1 atom stereocenters. The average molecular weight is 283 g/mol. The van der Waals surface area contributed by atoms with Gasteiger partial charge >= 0.3 is 0 Å². The van der Waals surface area contributed by atoms with Gasteiger partial charge in [0.15, 0.2) is 0 Å². The van der Waals surface area contributed by atoms with Gasteiger partial charge in [0.2, 0.25) is 5.91 Å². The standard InChI is InChI=1S/C17H21N3O/c1-3-13-11(2)19-15-7-5-4-6-14(15)16(13)20-9-8-12(10-20)17(18)21/h4-7,12H,3,8-10H2,1-2H3,(H2,18,21). The second kappa shape index (κ2) is 5.35. The number of benzene rings is 1. The Hall–Kier alpha value is -2.10. The highest BCUT2D eigenvalue weighted by atomic mass is 16.1. The van der Waals surface area contributed by atoms with Gasteiger partial charge in [0, 0.05) is 24.2 Å². The molecular weight excluding hydrogens is 262 g/mol. The Morgan fingerprint density at radius 2 is 2.19 bits per heavy atom. The summed E-state index contributed by atoms with van der Waals surface area (Å²) in [6.07, 6.45) is 1.78. The zero-order chi connectivity index (χ0) is 15.0. The van der Waals surface area contributed by atoms with Crippen molar-refractivity contribution in [2.45, 2.75) is 26.7 Å². The quantitative estimate of drug-likeness (QED) is 0.941. The predicted molar refractivity (Wildman–Crippen MR) is 85.4 cm³/mol. The molecule has 0 aliphatic carbocycles. The Balaban J connectivity index is 2.14. The number of carbonyl (C=O) groups excluding carboxylic acids is 1. The third kappa shape index (κ3) is 2.35. The zero-order valence-electron chi connectivity index (χ0n) is 12.6. The Bertz CT molecular complexity index is 696. The number of nitrogens with two attached hydrogens (primary N) is 1. The van der Waals surface area contributed by atoms with Gasteiger partial charge in [-0.2, -0.15) is 0 Å². The maximum absolute atomic E-state index is 11.4. The van der Waals surface area contributed by atoms with Crippen LogP contribution in [0.4, 0.5) is 5.69 Å². The number of pyridine rings is 1. The van der Waals surface area contributed by atoms with Crippen molar-refractivity contribution in [2.24, 2.45) is 11.7 Å². The van der Waals surface area contributed by atoms with E-state index in [0.29, 0.717) is 0 Å². The molecule has 0 spiro atoms. The van der Waals surface area contributed by atoms with E-state index in [1.165, 1.54) is 16.6 Å². The number of nitrogens with zero attached hydrogens (tertiary/aromatic N) is 2. The van der Waals surface area contributed by atoms with E-state index in [9.17, 15) is 4.79 Å². The van der Waals surface area contributed by atoms with Gasteiger partial charge in [-0.1, -0.05) is 25.1 Å². The first-order valence-electron chi connectivity index (χ1n) is 7.54. The topological polar surface area (TPSA) is 59.2 Å². The van der Waals surface area contributed by atoms with Crippen molar-refractivity contribution in [3.8, 4) is 0 Å². The predicted octanol–water partition coefficient (Wildman–Crippen LogP) is 2.42. The van der Waals surface area contributed by atoms with Gasteiger partial charge in [0.1, 0.15) is 0 Å². The molecule has 2 N–H and O–H groups in total. The van der Waals surface area contributed by atoms with Gasteiger partial charge in [-0.3, -0.25) is 9.78 Å². The molecule has 110 valence electrons. The Kier molecular flexibility index (Phi) is 3.53. The zero-order valence-corrected chi connectivity index (χ0v) is 12.6. The first-order chi connectivity index (χ1) is 10.1. The molecule has 4 nitrogen and oxygen atoms in total. The minimum atomic E-state index is -0.189. The fraction of sp³-hybridized carbons (Fsp3) is 0.412. The van der Waals surface area contributed by atoms with Crippen molar-refractivity contribution in [1.82, 2.24) is 4.98 Å². The number of primary amides is 1. The minimum Gasteiger partial charge on any atom is -0.370 e. The molecule has 1 saturated heterocycles. The van der Waals surface area contributed by atoms with Crippen molar-refractivity contribution in [3.63, 3.8) is 0 Å². The molecule has 1 aliphatic heterocycles. The smallest absolute Gasteiger partial charge is 0.222 e. The van der Waals surface area contributed by atoms with E-state index in [4.69, 9.17) is 10.7 Å². The number of aryl methyl sites for hydroxylation is 1. The maximum atomic E-state index is 11.4. The molecule has 0 bridgehead atoms. The highest BCUT2D eigenvalue weighted by molar-refractivity contribution is 5.94. The molecule has 2 heterocycles. The van der Waals surface area contributed by atoms with E-state index in [1.54, 1.807) is 0 Å². The van der Waals surface area contributed by atoms with Gasteiger partial charge in [0.05, 0.1) is 17.1 Å². The highest BCUT2D eigenvalue weighted by Gasteiger charge is 2.29. The number of amides is 1. The fourth-order valence-electron chi connectivity index (χ4n) is 3.33. The van der Waals surface area contributed by atoms with Crippen LogP contribution in [0.15, 0.2) is 24.3 Å². The van der Waals surface area contributed by atoms with Crippen molar-refractivity contribution in [2.75, 3.05) is 18.0 Å². The highest BCUT2D eigenvalue weighted by Crippen LogP contribution is 2.35. The minimum absolute atomic E-state index is 0.0399. The lowest BCUT2D eigenvalue weighted by Gasteiger charge is -2.24. The second-order valence-corrected chi connectivity index (χ2v) is 5.73. The van der Waals surface area contributed by atoms with Gasteiger partial charge in [-0.25, -0.2) is 0 Å². The van der Waals surface area contributed by atoms with Crippen LogP contribution in [0.5, 0.6) is 0 Å². The summed E-state index contributed by atoms with van der Waals surface area (Å²) in [7, 11) is 0. The molecule has 1 amide bonds. The van der Waals surface area contributed by atoms with Gasteiger partial charge in [0.25, 0.3) is 0 Å². The first-order valence-corrected chi connectivity index (χ1v) is 7.54. The molecule has 1 unspecified atom stereocenters. The van der Waals surface area contributed by atoms with Crippen LogP contribution in [0.3, 0.4) is 0 Å². The van der Waals surface area contributed by atoms with Crippen LogP contribution >= 0.6 is 0 Å². The van der Waals surface area contributed by atoms with Gasteiger partial charge in [-0.05, 0) is 31.4 Å². The van der Waals surface area contributed by atoms with Crippen LogP contribution in [0.1, 0.15) is 24.6 Å². The van der Waals surface area contributed by atoms with E-state index in [2.05, 4.69) is 24.8 Å². The summed E-state index contributed by atoms with van der Waals surface area (Å²) in [6, 6.07) is 8.23. The molecule has 2 aromatic rings. The largest absolute Gasteiger partial charge is 0.370 e. The molecule has 4 heteroatoms. The van der Waals surface area contributed by atoms with Crippen molar-refractivity contribution < 1.29 is 4.79 Å². The third-order valence-electron chi connectivity index (χ3n) is 4.43. The lowest BCUT2D eigenvalue weighted by atomic mass is 10.0. The van der Waals surface area contributed by atoms with Gasteiger partial charge in [-0.15, -0.1) is 0 Å². The molecule has 1 aliphatic rings. The van der Waals surface area contributed by atoms with Crippen LogP contribution in [-0.2, 0) is 11.2 Å². The Morgan fingerprint density at radius 1 is 1.43 bits per heavy atom. The number of rotatable bonds is 3. The lowest BCUT2D eigenvalue weighted by Crippen LogP contribution is -2.28. The maximum Gasteiger partial charge on any atom is 0.222 e. The number of carbonyl (C=O) groups is 1. The summed E-state index contributed by atoms with van der Waals surface area (Å²) < 4.78 is 0. The van der Waals surface area contributed by atoms with Gasteiger partial charge < -0.3 is 10.6 Å². The fourth-order valence-corrected chi connectivity index (χ4v) is 3.33. The van der Waals surface area contributed by atoms with E-state index < -0.39 is 0 Å². The molecule has 1 aromatic heterocycles. The number of fused-ring (bicyclic) bond motifs is 1. The molecule has 0 saturated carbocycles. The summed E-state index contributed by atoms with van der Waals surface area (Å²) in [5.41, 5.74) is 10.1. The van der Waals surface area contributed by atoms with E-state index in [0.717, 1.165) is 37.1 Å². The lowest BCUT2D eigenvalue weighted by molar-refractivity contribution is -0.121. The molecule has 0 radical (unpaired) electrons. The number of aromatic nitrogens is 1. The van der Waals surface area contributed by atoms with Crippen LogP contribution in [0, 0.1) is 12.8 Å². The summed E-state index contributed by atoms with van der Waals surface area (Å²) in [4.78, 5) is 18.5. The van der Waals surface area contributed by atoms with Crippen molar-refractivity contribution >= 4 is 22.5 Å². The number of anilines is 1. The summed E-state index contributed by atoms with van der Waals surface area (Å²) in [6.45, 7) is 5.82. The number of para-hydroxylation sites is 1. The molecule has 21 heavy (non-hydrogen) atoms. The molecule has 1 aromatic carbocycles. The van der Waals surface area contributed by atoms with Crippen LogP contribution in [-0.4, -0.2) is 24.0 Å². The number of hydrogen-bond acceptors (Lipinski definition) is 3. The van der Waals surface area contributed by atoms with Crippen LogP contribution in [0.2, 0.25) is 0 Å². The van der Waals surface area contributed by atoms with E-state index in [-0.39, 0.29) is 11.8 Å². The normalized spacial score (nSPS) is 18.4. The van der Waals surface area contributed by atoms with E-state index in [1.807, 2.05) is 18.2 Å². The second-order valence-electron chi connectivity index (χ2n) is 5.73. The third-order valence-corrected chi connectivity index (χ3v) is 4.43. The summed E-state index contributed by atoms with van der Waals surface area (Å²) in [5, 5.41) is 1.17. The monoisotopic (exact) mass is 283 g/mol. The molecular formula is C17H21N3O. The Morgan fingerprint density at radius 3 is 2.86 bits per heavy atom. The van der Waals surface area contributed by atoms with Crippen LogP contribution < -0.4 is 10.6 Å². The molecule has 3 rings (SSSR count). The SMILES string of the molecule is CCc1c(C)nc2ccccc2c1N1CCC(C(N)=O)C1.